The monoisotopic (exact) mass is 309 g/mol. The second-order valence-corrected chi connectivity index (χ2v) is 5.71. The first kappa shape index (κ1) is 14.6. The summed E-state index contributed by atoms with van der Waals surface area (Å²) >= 11 is 6.61. The molecular weight excluding hydrogens is 294 g/mol. The average Bonchev–Trinajstić information content (AvgIpc) is 2.70. The van der Waals surface area contributed by atoms with Crippen LogP contribution in [0.25, 0.3) is 0 Å². The Morgan fingerprint density at radius 1 is 1.18 bits per heavy atom. The lowest BCUT2D eigenvalue weighted by Crippen LogP contribution is -2.49. The van der Waals surface area contributed by atoms with E-state index >= 15 is 0 Å². The fourth-order valence-corrected chi connectivity index (χ4v) is 2.69. The minimum atomic E-state index is -0.890. The topological polar surface area (TPSA) is 36.4 Å². The van der Waals surface area contributed by atoms with Crippen molar-refractivity contribution in [2.75, 3.05) is 18.4 Å². The van der Waals surface area contributed by atoms with Crippen molar-refractivity contribution in [1.82, 2.24) is 5.32 Å². The fourth-order valence-electron chi connectivity index (χ4n) is 2.46. The number of benzodiazepines with no additional fused rings is 1. The van der Waals surface area contributed by atoms with E-state index in [4.69, 9.17) is 23.0 Å². The van der Waals surface area contributed by atoms with E-state index in [1.807, 2.05) is 54.6 Å². The van der Waals surface area contributed by atoms with Gasteiger partial charge in [-0.3, -0.25) is 10.3 Å². The number of hydrogen-bond donors (Lipinski definition) is 2. The molecule has 0 aliphatic carbocycles. The number of halogens is 1. The van der Waals surface area contributed by atoms with E-state index in [1.165, 1.54) is 0 Å². The Hall–Kier alpha value is -2.28. The molecule has 1 atom stereocenters. The molecule has 3 rings (SSSR count). The second-order valence-electron chi connectivity index (χ2n) is 5.06. The lowest BCUT2D eigenvalue weighted by Gasteiger charge is -2.27. The number of hydrogen-bond acceptors (Lipinski definition) is 3. The summed E-state index contributed by atoms with van der Waals surface area (Å²) in [7, 11) is 0. The van der Waals surface area contributed by atoms with Crippen molar-refractivity contribution < 1.29 is 0 Å². The maximum atomic E-state index is 6.61. The van der Waals surface area contributed by atoms with Gasteiger partial charge in [0.05, 0.1) is 18.8 Å². The van der Waals surface area contributed by atoms with Gasteiger partial charge in [0.25, 0.3) is 0 Å². The molecule has 4 heteroatoms. The van der Waals surface area contributed by atoms with Crippen molar-refractivity contribution in [2.45, 2.75) is 5.12 Å². The Morgan fingerprint density at radius 2 is 1.91 bits per heavy atom. The van der Waals surface area contributed by atoms with Gasteiger partial charge in [0.1, 0.15) is 0 Å². The van der Waals surface area contributed by atoms with Gasteiger partial charge in [-0.25, -0.2) is 0 Å². The van der Waals surface area contributed by atoms with Crippen LogP contribution in [0.2, 0.25) is 0 Å². The van der Waals surface area contributed by atoms with Crippen LogP contribution in [-0.4, -0.2) is 23.9 Å². The van der Waals surface area contributed by atoms with E-state index in [9.17, 15) is 0 Å². The molecule has 1 unspecified atom stereocenters. The summed E-state index contributed by atoms with van der Waals surface area (Å²) < 4.78 is 0. The van der Waals surface area contributed by atoms with Gasteiger partial charge < -0.3 is 5.32 Å². The summed E-state index contributed by atoms with van der Waals surface area (Å²) in [6.45, 7) is 0.740. The van der Waals surface area contributed by atoms with Crippen molar-refractivity contribution >= 4 is 23.0 Å². The number of alkyl halides is 1. The number of para-hydroxylation sites is 1. The molecule has 0 spiro atoms. The van der Waals surface area contributed by atoms with Gasteiger partial charge in [0.15, 0.2) is 5.12 Å². The maximum Gasteiger partial charge on any atom is 0.187 e. The van der Waals surface area contributed by atoms with Crippen molar-refractivity contribution in [3.63, 3.8) is 0 Å². The van der Waals surface area contributed by atoms with Crippen LogP contribution in [0, 0.1) is 12.3 Å². The SMILES string of the molecule is C#CCNC1(Cl)CN=C(c2ccccc2)c2ccccc2N1. The largest absolute Gasteiger partial charge is 0.353 e. The van der Waals surface area contributed by atoms with Crippen molar-refractivity contribution in [1.29, 1.82) is 0 Å². The molecule has 22 heavy (non-hydrogen) atoms. The van der Waals surface area contributed by atoms with E-state index in [-0.39, 0.29) is 0 Å². The van der Waals surface area contributed by atoms with Gasteiger partial charge >= 0.3 is 0 Å². The minimum Gasteiger partial charge on any atom is -0.353 e. The van der Waals surface area contributed by atoms with Gasteiger partial charge in [0.2, 0.25) is 0 Å². The molecule has 1 aliphatic rings. The summed E-state index contributed by atoms with van der Waals surface area (Å²) in [5.74, 6) is 2.54. The normalized spacial score (nSPS) is 20.1. The summed E-state index contributed by atoms with van der Waals surface area (Å²) in [5, 5.41) is 5.54. The number of benzene rings is 2. The highest BCUT2D eigenvalue weighted by Crippen LogP contribution is 2.28. The average molecular weight is 310 g/mol. The Morgan fingerprint density at radius 3 is 2.68 bits per heavy atom. The van der Waals surface area contributed by atoms with Crippen LogP contribution in [0.5, 0.6) is 0 Å². The first-order chi connectivity index (χ1) is 10.7. The molecule has 2 aromatic rings. The Kier molecular flexibility index (Phi) is 4.15. The van der Waals surface area contributed by atoms with Crippen LogP contribution in [0.4, 0.5) is 5.69 Å². The van der Waals surface area contributed by atoms with Gasteiger partial charge in [-0.1, -0.05) is 66.1 Å². The number of aliphatic imine (C=N–C) groups is 1. The number of fused-ring (bicyclic) bond motifs is 1. The van der Waals surface area contributed by atoms with Crippen LogP contribution in [-0.2, 0) is 0 Å². The van der Waals surface area contributed by atoms with Crippen LogP contribution < -0.4 is 10.6 Å². The quantitative estimate of drug-likeness (QED) is 0.519. The van der Waals surface area contributed by atoms with Crippen molar-refractivity contribution in [3.8, 4) is 12.3 Å². The van der Waals surface area contributed by atoms with Crippen molar-refractivity contribution in [2.24, 2.45) is 4.99 Å². The number of anilines is 1. The number of nitrogens with zero attached hydrogens (tertiary/aromatic N) is 1. The first-order valence-corrected chi connectivity index (χ1v) is 7.44. The van der Waals surface area contributed by atoms with Crippen LogP contribution in [0.3, 0.4) is 0 Å². The van der Waals surface area contributed by atoms with E-state index in [2.05, 4.69) is 16.6 Å². The zero-order valence-electron chi connectivity index (χ0n) is 12.0. The zero-order valence-corrected chi connectivity index (χ0v) is 12.8. The second kappa shape index (κ2) is 6.23. The number of terminal acetylenes is 1. The zero-order chi connectivity index (χ0) is 15.4. The Bertz CT molecular complexity index is 733. The molecule has 0 amide bonds. The molecule has 0 saturated carbocycles. The Balaban J connectivity index is 2.06. The molecule has 0 fully saturated rings. The minimum absolute atomic E-state index is 0.370. The summed E-state index contributed by atoms with van der Waals surface area (Å²) in [6, 6.07) is 18.1. The lowest BCUT2D eigenvalue weighted by atomic mass is 10.0. The summed E-state index contributed by atoms with van der Waals surface area (Å²) in [5.41, 5.74) is 3.95. The fraction of sp³-hybridized carbons (Fsp3) is 0.167. The van der Waals surface area contributed by atoms with Gasteiger partial charge in [-0.2, -0.15) is 0 Å². The molecule has 3 nitrogen and oxygen atoms in total. The maximum absolute atomic E-state index is 6.61. The first-order valence-electron chi connectivity index (χ1n) is 7.07. The van der Waals surface area contributed by atoms with Gasteiger partial charge in [-0.05, 0) is 6.07 Å². The molecule has 0 aromatic heterocycles. The predicted molar refractivity (Wildman–Crippen MR) is 92.4 cm³/mol. The van der Waals surface area contributed by atoms with E-state index in [0.717, 1.165) is 22.5 Å². The van der Waals surface area contributed by atoms with Crippen LogP contribution in [0.1, 0.15) is 11.1 Å². The van der Waals surface area contributed by atoms with E-state index < -0.39 is 5.12 Å². The molecule has 1 aliphatic heterocycles. The van der Waals surface area contributed by atoms with Crippen molar-refractivity contribution in [3.05, 3.63) is 65.7 Å². The standard InChI is InChI=1S/C18H16ClN3/c1-2-12-21-18(19)13-20-17(14-8-4-3-5-9-14)15-10-6-7-11-16(15)22-18/h1,3-11,21-22H,12-13H2. The highest BCUT2D eigenvalue weighted by molar-refractivity contribution is 6.26. The molecule has 2 aromatic carbocycles. The highest BCUT2D eigenvalue weighted by Gasteiger charge is 2.30. The van der Waals surface area contributed by atoms with E-state index in [0.29, 0.717) is 13.1 Å². The van der Waals surface area contributed by atoms with E-state index in [1.54, 1.807) is 0 Å². The highest BCUT2D eigenvalue weighted by atomic mass is 35.5. The van der Waals surface area contributed by atoms with Crippen LogP contribution in [0.15, 0.2) is 59.6 Å². The lowest BCUT2D eigenvalue weighted by molar-refractivity contribution is 0.551. The molecule has 1 heterocycles. The van der Waals surface area contributed by atoms with Gasteiger partial charge in [0, 0.05) is 16.8 Å². The molecule has 110 valence electrons. The third-order valence-electron chi connectivity index (χ3n) is 3.49. The third kappa shape index (κ3) is 2.99. The summed E-state index contributed by atoms with van der Waals surface area (Å²) in [4.78, 5) is 4.73. The smallest absolute Gasteiger partial charge is 0.187 e. The third-order valence-corrected chi connectivity index (χ3v) is 3.84. The number of rotatable bonds is 3. The predicted octanol–water partition coefficient (Wildman–Crippen LogP) is 3.06. The molecule has 0 saturated heterocycles. The summed E-state index contributed by atoms with van der Waals surface area (Å²) in [6.07, 6.45) is 5.32. The molecular formula is C18H16ClN3. The van der Waals surface area contributed by atoms with Gasteiger partial charge in [-0.15, -0.1) is 6.42 Å². The number of nitrogens with one attached hydrogen (secondary N) is 2. The Labute approximate surface area is 135 Å². The molecule has 0 radical (unpaired) electrons. The molecule has 0 bridgehead atoms. The van der Waals surface area contributed by atoms with Crippen LogP contribution >= 0.6 is 11.6 Å². The molecule has 2 N–H and O–H groups in total.